The first-order valence-corrected chi connectivity index (χ1v) is 6.99. The van der Waals surface area contributed by atoms with Crippen LogP contribution in [0.25, 0.3) is 11.0 Å². The van der Waals surface area contributed by atoms with E-state index in [9.17, 15) is 14.9 Å². The van der Waals surface area contributed by atoms with E-state index in [0.717, 1.165) is 5.52 Å². The molecule has 1 N–H and O–H groups in total. The van der Waals surface area contributed by atoms with Crippen molar-refractivity contribution in [2.75, 3.05) is 0 Å². The summed E-state index contributed by atoms with van der Waals surface area (Å²) in [7, 11) is 0. The SMILES string of the molecule is O=C(Cn1nnc2ccccc21)N/N=C\c1ccccc1[N+](=O)[O-]. The number of nitro groups is 1. The largest absolute Gasteiger partial charge is 0.278 e. The number of benzene rings is 2. The van der Waals surface area contributed by atoms with E-state index in [4.69, 9.17) is 0 Å². The molecule has 24 heavy (non-hydrogen) atoms. The van der Waals surface area contributed by atoms with Crippen molar-refractivity contribution in [3.8, 4) is 0 Å². The molecule has 9 heteroatoms. The molecule has 3 aromatic rings. The topological polar surface area (TPSA) is 115 Å². The molecule has 120 valence electrons. The molecule has 0 saturated heterocycles. The number of carbonyl (C=O) groups is 1. The average Bonchev–Trinajstić information content (AvgIpc) is 2.98. The lowest BCUT2D eigenvalue weighted by Gasteiger charge is -2.01. The molecule has 0 atom stereocenters. The summed E-state index contributed by atoms with van der Waals surface area (Å²) in [5.74, 6) is -0.416. The molecule has 0 spiro atoms. The van der Waals surface area contributed by atoms with Gasteiger partial charge in [-0.25, -0.2) is 10.1 Å². The molecule has 1 amide bonds. The van der Waals surface area contributed by atoms with Crippen molar-refractivity contribution >= 4 is 28.8 Å². The molecule has 0 fully saturated rings. The third-order valence-electron chi connectivity index (χ3n) is 3.24. The molecule has 0 bridgehead atoms. The normalized spacial score (nSPS) is 11.0. The van der Waals surface area contributed by atoms with Crippen LogP contribution in [0.5, 0.6) is 0 Å². The number of hydrazone groups is 1. The van der Waals surface area contributed by atoms with Gasteiger partial charge in [0, 0.05) is 6.07 Å². The van der Waals surface area contributed by atoms with Crippen molar-refractivity contribution in [1.82, 2.24) is 20.4 Å². The standard InChI is InChI=1S/C15H12N6O3/c22-15(10-20-14-8-4-2-6-12(14)17-19-20)18-16-9-11-5-1-3-7-13(11)21(23)24/h1-9H,10H2,(H,18,22)/b16-9-. The van der Waals surface area contributed by atoms with Crippen molar-refractivity contribution < 1.29 is 9.72 Å². The Labute approximate surface area is 135 Å². The van der Waals surface area contributed by atoms with Crippen molar-refractivity contribution in [2.24, 2.45) is 5.10 Å². The fraction of sp³-hybridized carbons (Fsp3) is 0.0667. The number of aromatic nitrogens is 3. The second-order valence-electron chi connectivity index (χ2n) is 4.84. The number of carbonyl (C=O) groups excluding carboxylic acids is 1. The fourth-order valence-corrected chi connectivity index (χ4v) is 2.14. The van der Waals surface area contributed by atoms with Gasteiger partial charge in [0.1, 0.15) is 12.1 Å². The zero-order valence-electron chi connectivity index (χ0n) is 12.4. The first-order chi connectivity index (χ1) is 11.6. The number of fused-ring (bicyclic) bond motifs is 1. The minimum absolute atomic E-state index is 0.0608. The molecular formula is C15H12N6O3. The van der Waals surface area contributed by atoms with Gasteiger partial charge in [0.2, 0.25) is 0 Å². The molecule has 0 unspecified atom stereocenters. The summed E-state index contributed by atoms with van der Waals surface area (Å²) in [5, 5.41) is 22.5. The Morgan fingerprint density at radius 3 is 2.83 bits per heavy atom. The van der Waals surface area contributed by atoms with Gasteiger partial charge in [-0.05, 0) is 18.2 Å². The summed E-state index contributed by atoms with van der Waals surface area (Å²) in [6.45, 7) is -0.0608. The molecule has 1 aromatic heterocycles. The van der Waals surface area contributed by atoms with Crippen LogP contribution in [-0.2, 0) is 11.3 Å². The summed E-state index contributed by atoms with van der Waals surface area (Å²) in [6.07, 6.45) is 1.23. The maximum atomic E-state index is 11.9. The van der Waals surface area contributed by atoms with Crippen LogP contribution < -0.4 is 5.43 Å². The fourth-order valence-electron chi connectivity index (χ4n) is 2.14. The van der Waals surface area contributed by atoms with Gasteiger partial charge in [-0.2, -0.15) is 5.10 Å². The number of hydrogen-bond donors (Lipinski definition) is 1. The smallest absolute Gasteiger partial charge is 0.271 e. The number of amides is 1. The number of rotatable bonds is 5. The molecule has 0 aliphatic carbocycles. The minimum Gasteiger partial charge on any atom is -0.271 e. The van der Waals surface area contributed by atoms with Gasteiger partial charge in [-0.1, -0.05) is 29.5 Å². The highest BCUT2D eigenvalue weighted by molar-refractivity contribution is 5.86. The zero-order valence-corrected chi connectivity index (χ0v) is 12.4. The monoisotopic (exact) mass is 324 g/mol. The van der Waals surface area contributed by atoms with Crippen LogP contribution in [0.4, 0.5) is 5.69 Å². The Morgan fingerprint density at radius 1 is 1.25 bits per heavy atom. The summed E-state index contributed by atoms with van der Waals surface area (Å²) in [5.41, 5.74) is 3.95. The minimum atomic E-state index is -0.509. The second kappa shape index (κ2) is 6.65. The predicted octanol–water partition coefficient (Wildman–Crippen LogP) is 1.49. The summed E-state index contributed by atoms with van der Waals surface area (Å²) in [6, 6.07) is 13.4. The lowest BCUT2D eigenvalue weighted by atomic mass is 10.2. The van der Waals surface area contributed by atoms with Gasteiger partial charge in [0.25, 0.3) is 11.6 Å². The molecule has 1 heterocycles. The van der Waals surface area contributed by atoms with E-state index in [1.165, 1.54) is 17.0 Å². The van der Waals surface area contributed by atoms with Crippen molar-refractivity contribution in [3.63, 3.8) is 0 Å². The second-order valence-corrected chi connectivity index (χ2v) is 4.84. The van der Waals surface area contributed by atoms with Crippen LogP contribution in [0.15, 0.2) is 53.6 Å². The van der Waals surface area contributed by atoms with Gasteiger partial charge >= 0.3 is 0 Å². The van der Waals surface area contributed by atoms with Gasteiger partial charge in [-0.15, -0.1) is 5.10 Å². The van der Waals surface area contributed by atoms with Crippen molar-refractivity contribution in [1.29, 1.82) is 0 Å². The van der Waals surface area contributed by atoms with Crippen LogP contribution in [0.3, 0.4) is 0 Å². The molecule has 0 aliphatic rings. The van der Waals surface area contributed by atoms with Crippen LogP contribution in [-0.4, -0.2) is 32.0 Å². The van der Waals surface area contributed by atoms with Crippen molar-refractivity contribution in [3.05, 3.63) is 64.2 Å². The van der Waals surface area contributed by atoms with Crippen molar-refractivity contribution in [2.45, 2.75) is 6.54 Å². The highest BCUT2D eigenvalue weighted by Crippen LogP contribution is 2.15. The van der Waals surface area contributed by atoms with E-state index in [0.29, 0.717) is 11.1 Å². The van der Waals surface area contributed by atoms with Gasteiger partial charge in [-0.3, -0.25) is 14.9 Å². The molecule has 0 aliphatic heterocycles. The van der Waals surface area contributed by atoms with Crippen LogP contribution in [0.2, 0.25) is 0 Å². The average molecular weight is 324 g/mol. The van der Waals surface area contributed by atoms with E-state index in [-0.39, 0.29) is 12.2 Å². The van der Waals surface area contributed by atoms with Crippen LogP contribution >= 0.6 is 0 Å². The summed E-state index contributed by atoms with van der Waals surface area (Å²) >= 11 is 0. The van der Waals surface area contributed by atoms with Crippen LogP contribution in [0, 0.1) is 10.1 Å². The highest BCUT2D eigenvalue weighted by atomic mass is 16.6. The van der Waals surface area contributed by atoms with Gasteiger partial charge in [0.05, 0.1) is 22.2 Å². The number of hydrogen-bond acceptors (Lipinski definition) is 6. The van der Waals surface area contributed by atoms with Gasteiger partial charge < -0.3 is 0 Å². The van der Waals surface area contributed by atoms with E-state index < -0.39 is 10.8 Å². The summed E-state index contributed by atoms with van der Waals surface area (Å²) in [4.78, 5) is 22.3. The Hall–Kier alpha value is -3.62. The Kier molecular flexibility index (Phi) is 4.23. The van der Waals surface area contributed by atoms with E-state index in [1.54, 1.807) is 30.3 Å². The molecule has 9 nitrogen and oxygen atoms in total. The first kappa shape index (κ1) is 15.3. The quantitative estimate of drug-likeness (QED) is 0.434. The van der Waals surface area contributed by atoms with E-state index in [2.05, 4.69) is 20.8 Å². The molecule has 0 saturated carbocycles. The summed E-state index contributed by atoms with van der Waals surface area (Å²) < 4.78 is 1.45. The Balaban J connectivity index is 1.67. The molecule has 0 radical (unpaired) electrons. The number of nitro benzene ring substituents is 1. The molecule has 2 aromatic carbocycles. The number of nitrogens with one attached hydrogen (secondary N) is 1. The molecular weight excluding hydrogens is 312 g/mol. The van der Waals surface area contributed by atoms with Crippen LogP contribution in [0.1, 0.15) is 5.56 Å². The first-order valence-electron chi connectivity index (χ1n) is 6.99. The Morgan fingerprint density at radius 2 is 2.00 bits per heavy atom. The zero-order chi connectivity index (χ0) is 16.9. The maximum absolute atomic E-state index is 11.9. The third-order valence-corrected chi connectivity index (χ3v) is 3.24. The van der Waals surface area contributed by atoms with E-state index >= 15 is 0 Å². The number of para-hydroxylation sites is 2. The lowest BCUT2D eigenvalue weighted by molar-refractivity contribution is -0.385. The predicted molar refractivity (Wildman–Crippen MR) is 86.4 cm³/mol. The Bertz CT molecular complexity index is 934. The highest BCUT2D eigenvalue weighted by Gasteiger charge is 2.11. The molecule has 3 rings (SSSR count). The van der Waals surface area contributed by atoms with Gasteiger partial charge in [0.15, 0.2) is 0 Å². The number of nitrogens with zero attached hydrogens (tertiary/aromatic N) is 5. The lowest BCUT2D eigenvalue weighted by Crippen LogP contribution is -2.23. The van der Waals surface area contributed by atoms with E-state index in [1.807, 2.05) is 12.1 Å². The third kappa shape index (κ3) is 3.24. The maximum Gasteiger partial charge on any atom is 0.278 e.